The van der Waals surface area contributed by atoms with E-state index in [4.69, 9.17) is 0 Å². The Morgan fingerprint density at radius 3 is 2.24 bits per heavy atom. The predicted octanol–water partition coefficient (Wildman–Crippen LogP) is 4.84. The molecule has 0 unspecified atom stereocenters. The highest BCUT2D eigenvalue weighted by Crippen LogP contribution is 2.26. The van der Waals surface area contributed by atoms with E-state index in [1.165, 1.54) is 22.3 Å². The van der Waals surface area contributed by atoms with E-state index in [1.54, 1.807) is 0 Å². The molecule has 0 N–H and O–H groups in total. The summed E-state index contributed by atoms with van der Waals surface area (Å²) in [6, 6.07) is 19.2. The van der Waals surface area contributed by atoms with Gasteiger partial charge < -0.3 is 0 Å². The smallest absolute Gasteiger partial charge is 0.0149 e. The molecule has 0 aliphatic heterocycles. The summed E-state index contributed by atoms with van der Waals surface area (Å²) in [5.74, 6) is 0. The monoisotopic (exact) mass is 222 g/mol. The Bertz CT molecular complexity index is 507. The third-order valence-electron chi connectivity index (χ3n) is 2.93. The van der Waals surface area contributed by atoms with Crippen LogP contribution >= 0.6 is 0 Å². The average molecular weight is 222 g/mol. The maximum Gasteiger partial charge on any atom is -0.0149 e. The molecule has 0 amide bonds. The van der Waals surface area contributed by atoms with Crippen molar-refractivity contribution in [3.8, 4) is 0 Å². The summed E-state index contributed by atoms with van der Waals surface area (Å²) in [5.41, 5.74) is 5.30. The first-order chi connectivity index (χ1) is 8.33. The Labute approximate surface area is 104 Å². The minimum absolute atomic E-state index is 1.05. The van der Waals surface area contributed by atoms with Crippen LogP contribution in [0, 0.1) is 6.92 Å². The molecule has 0 atom stereocenters. The van der Waals surface area contributed by atoms with E-state index in [1.807, 2.05) is 0 Å². The summed E-state index contributed by atoms with van der Waals surface area (Å²) in [4.78, 5) is 0. The van der Waals surface area contributed by atoms with Crippen molar-refractivity contribution in [2.24, 2.45) is 0 Å². The Morgan fingerprint density at radius 2 is 1.59 bits per heavy atom. The Morgan fingerprint density at radius 1 is 0.941 bits per heavy atom. The zero-order chi connectivity index (χ0) is 12.1. The van der Waals surface area contributed by atoms with Crippen molar-refractivity contribution in [1.82, 2.24) is 0 Å². The minimum atomic E-state index is 1.05. The zero-order valence-electron chi connectivity index (χ0n) is 10.5. The molecule has 2 aromatic rings. The van der Waals surface area contributed by atoms with E-state index in [9.17, 15) is 0 Å². The van der Waals surface area contributed by atoms with Crippen LogP contribution in [0.3, 0.4) is 0 Å². The molecule has 0 fully saturated rings. The first-order valence-electron chi connectivity index (χ1n) is 6.14. The lowest BCUT2D eigenvalue weighted by atomic mass is 9.94. The van der Waals surface area contributed by atoms with Crippen molar-refractivity contribution in [2.45, 2.75) is 20.3 Å². The van der Waals surface area contributed by atoms with E-state index in [0.717, 1.165) is 6.42 Å². The topological polar surface area (TPSA) is 0 Å². The molecule has 2 aromatic carbocycles. The van der Waals surface area contributed by atoms with Crippen molar-refractivity contribution in [3.63, 3.8) is 0 Å². The van der Waals surface area contributed by atoms with Crippen LogP contribution < -0.4 is 0 Å². The lowest BCUT2D eigenvalue weighted by molar-refractivity contribution is 1.22. The zero-order valence-corrected chi connectivity index (χ0v) is 10.5. The van der Waals surface area contributed by atoms with Gasteiger partial charge in [-0.15, -0.1) is 0 Å². The first-order valence-corrected chi connectivity index (χ1v) is 6.14. The predicted molar refractivity (Wildman–Crippen MR) is 75.0 cm³/mol. The van der Waals surface area contributed by atoms with Gasteiger partial charge in [-0.3, -0.25) is 0 Å². The number of benzene rings is 2. The maximum atomic E-state index is 2.30. The second-order valence-corrected chi connectivity index (χ2v) is 4.21. The minimum Gasteiger partial charge on any atom is -0.0763 e. The van der Waals surface area contributed by atoms with Crippen molar-refractivity contribution in [2.75, 3.05) is 0 Å². The quantitative estimate of drug-likeness (QED) is 0.697. The van der Waals surface area contributed by atoms with Crippen LogP contribution in [0.25, 0.3) is 5.57 Å². The van der Waals surface area contributed by atoms with Crippen LogP contribution in [-0.2, 0) is 0 Å². The molecule has 86 valence electrons. The third-order valence-corrected chi connectivity index (χ3v) is 2.93. The lowest BCUT2D eigenvalue weighted by Crippen LogP contribution is -1.91. The molecule has 0 aliphatic carbocycles. The van der Waals surface area contributed by atoms with Gasteiger partial charge in [-0.05, 0) is 35.6 Å². The summed E-state index contributed by atoms with van der Waals surface area (Å²) >= 11 is 0. The summed E-state index contributed by atoms with van der Waals surface area (Å²) < 4.78 is 0. The second-order valence-electron chi connectivity index (χ2n) is 4.21. The van der Waals surface area contributed by atoms with Crippen LogP contribution in [0.5, 0.6) is 0 Å². The van der Waals surface area contributed by atoms with Crippen molar-refractivity contribution in [1.29, 1.82) is 0 Å². The normalized spacial score (nSPS) is 11.5. The number of allylic oxidation sites excluding steroid dienone is 1. The number of hydrogen-bond acceptors (Lipinski definition) is 0. The van der Waals surface area contributed by atoms with Crippen LogP contribution in [0.4, 0.5) is 0 Å². The summed E-state index contributed by atoms with van der Waals surface area (Å²) in [6.07, 6.45) is 3.36. The number of aryl methyl sites for hydroxylation is 1. The fourth-order valence-corrected chi connectivity index (χ4v) is 2.08. The van der Waals surface area contributed by atoms with E-state index in [2.05, 4.69) is 74.5 Å². The molecule has 17 heavy (non-hydrogen) atoms. The van der Waals surface area contributed by atoms with Crippen LogP contribution in [-0.4, -0.2) is 0 Å². The summed E-state index contributed by atoms with van der Waals surface area (Å²) in [7, 11) is 0. The molecule has 0 heterocycles. The van der Waals surface area contributed by atoms with E-state index < -0.39 is 0 Å². The molecule has 0 aliphatic rings. The fourth-order valence-electron chi connectivity index (χ4n) is 2.08. The van der Waals surface area contributed by atoms with Crippen molar-refractivity contribution in [3.05, 3.63) is 77.4 Å². The molecule has 0 aromatic heterocycles. The van der Waals surface area contributed by atoms with E-state index in [-0.39, 0.29) is 0 Å². The average Bonchev–Trinajstić information content (AvgIpc) is 2.38. The van der Waals surface area contributed by atoms with E-state index >= 15 is 0 Å². The molecule has 0 saturated heterocycles. The molecular formula is C17H18. The maximum absolute atomic E-state index is 2.30. The second kappa shape index (κ2) is 5.49. The summed E-state index contributed by atoms with van der Waals surface area (Å²) in [5, 5.41) is 0. The standard InChI is InChI=1S/C17H18/c1-3-9-17(15-11-5-4-6-12-15)16-13-8-7-10-14(16)2/h4-13H,3H2,1-2H3. The Balaban J connectivity index is 2.52. The van der Waals surface area contributed by atoms with Gasteiger partial charge in [0.25, 0.3) is 0 Å². The Hall–Kier alpha value is -1.82. The third kappa shape index (κ3) is 2.65. The highest BCUT2D eigenvalue weighted by atomic mass is 14.1. The van der Waals surface area contributed by atoms with Crippen LogP contribution in [0.15, 0.2) is 60.7 Å². The molecule has 0 spiro atoms. The number of hydrogen-bond donors (Lipinski definition) is 0. The van der Waals surface area contributed by atoms with Gasteiger partial charge in [-0.1, -0.05) is 67.6 Å². The van der Waals surface area contributed by atoms with Crippen LogP contribution in [0.1, 0.15) is 30.0 Å². The van der Waals surface area contributed by atoms with Crippen molar-refractivity contribution >= 4 is 5.57 Å². The van der Waals surface area contributed by atoms with E-state index in [0.29, 0.717) is 0 Å². The molecule has 0 nitrogen and oxygen atoms in total. The van der Waals surface area contributed by atoms with Gasteiger partial charge in [-0.25, -0.2) is 0 Å². The van der Waals surface area contributed by atoms with Gasteiger partial charge in [0.1, 0.15) is 0 Å². The van der Waals surface area contributed by atoms with Gasteiger partial charge >= 0.3 is 0 Å². The molecule has 0 saturated carbocycles. The summed E-state index contributed by atoms with van der Waals surface area (Å²) in [6.45, 7) is 4.35. The Kier molecular flexibility index (Phi) is 3.77. The largest absolute Gasteiger partial charge is 0.0763 e. The van der Waals surface area contributed by atoms with Gasteiger partial charge in [0.2, 0.25) is 0 Å². The first kappa shape index (κ1) is 11.7. The molecule has 0 bridgehead atoms. The molecular weight excluding hydrogens is 204 g/mol. The highest BCUT2D eigenvalue weighted by molar-refractivity contribution is 5.81. The highest BCUT2D eigenvalue weighted by Gasteiger charge is 2.05. The fraction of sp³-hybridized carbons (Fsp3) is 0.176. The number of rotatable bonds is 3. The van der Waals surface area contributed by atoms with Gasteiger partial charge in [0, 0.05) is 0 Å². The molecule has 0 heteroatoms. The van der Waals surface area contributed by atoms with Gasteiger partial charge in [-0.2, -0.15) is 0 Å². The van der Waals surface area contributed by atoms with Gasteiger partial charge in [0.15, 0.2) is 0 Å². The van der Waals surface area contributed by atoms with Crippen molar-refractivity contribution < 1.29 is 0 Å². The SMILES string of the molecule is CCC=C(c1ccccc1)c1ccccc1C. The molecule has 2 rings (SSSR count). The lowest BCUT2D eigenvalue weighted by Gasteiger charge is -2.11. The van der Waals surface area contributed by atoms with Gasteiger partial charge in [0.05, 0.1) is 0 Å². The molecule has 0 radical (unpaired) electrons. The van der Waals surface area contributed by atoms with Crippen LogP contribution in [0.2, 0.25) is 0 Å².